The summed E-state index contributed by atoms with van der Waals surface area (Å²) >= 11 is 5.86. The summed E-state index contributed by atoms with van der Waals surface area (Å²) in [7, 11) is -2.88. The zero-order valence-corrected chi connectivity index (χ0v) is 11.1. The first kappa shape index (κ1) is 12.6. The monoisotopic (exact) mass is 275 g/mol. The van der Waals surface area contributed by atoms with Gasteiger partial charge in [-0.05, 0) is 6.42 Å². The van der Waals surface area contributed by atoms with E-state index in [2.05, 4.69) is 15.3 Å². The summed E-state index contributed by atoms with van der Waals surface area (Å²) in [5.74, 6) is 1.66. The average molecular weight is 276 g/mol. The maximum Gasteiger partial charge on any atom is 0.152 e. The number of anilines is 1. The van der Waals surface area contributed by atoms with Crippen LogP contribution in [0.25, 0.3) is 0 Å². The largest absolute Gasteiger partial charge is 0.366 e. The Bertz CT molecular complexity index is 518. The van der Waals surface area contributed by atoms with E-state index in [1.807, 2.05) is 6.92 Å². The zero-order valence-electron chi connectivity index (χ0n) is 9.48. The predicted molar refractivity (Wildman–Crippen MR) is 67.1 cm³/mol. The van der Waals surface area contributed by atoms with Gasteiger partial charge in [-0.3, -0.25) is 0 Å². The van der Waals surface area contributed by atoms with Gasteiger partial charge < -0.3 is 5.32 Å². The Hall–Kier alpha value is -0.880. The van der Waals surface area contributed by atoms with Crippen LogP contribution in [-0.4, -0.2) is 35.9 Å². The van der Waals surface area contributed by atoms with E-state index in [-0.39, 0.29) is 17.5 Å². The first-order chi connectivity index (χ1) is 7.98. The van der Waals surface area contributed by atoms with Crippen molar-refractivity contribution in [1.82, 2.24) is 9.97 Å². The van der Waals surface area contributed by atoms with Gasteiger partial charge in [0.2, 0.25) is 0 Å². The molecule has 0 radical (unpaired) electrons. The number of sulfone groups is 1. The van der Waals surface area contributed by atoms with Gasteiger partial charge in [-0.15, -0.1) is 0 Å². The van der Waals surface area contributed by atoms with E-state index in [0.717, 1.165) is 0 Å². The molecule has 1 N–H and O–H groups in total. The van der Waals surface area contributed by atoms with Crippen LogP contribution in [0.2, 0.25) is 5.15 Å². The third-order valence-corrected chi connectivity index (χ3v) is 4.60. The van der Waals surface area contributed by atoms with Crippen LogP contribution in [-0.2, 0) is 16.3 Å². The van der Waals surface area contributed by atoms with Crippen LogP contribution < -0.4 is 5.32 Å². The van der Waals surface area contributed by atoms with Crippen molar-refractivity contribution in [3.8, 4) is 0 Å². The highest BCUT2D eigenvalue weighted by molar-refractivity contribution is 7.91. The Morgan fingerprint density at radius 1 is 1.53 bits per heavy atom. The van der Waals surface area contributed by atoms with Crippen molar-refractivity contribution in [2.75, 3.05) is 16.8 Å². The van der Waals surface area contributed by atoms with E-state index in [0.29, 0.717) is 29.6 Å². The molecule has 1 unspecified atom stereocenters. The minimum atomic E-state index is -2.88. The fourth-order valence-electron chi connectivity index (χ4n) is 1.81. The summed E-state index contributed by atoms with van der Waals surface area (Å²) in [6, 6.07) is 1.54. The van der Waals surface area contributed by atoms with Gasteiger partial charge in [-0.2, -0.15) is 0 Å². The molecule has 1 atom stereocenters. The van der Waals surface area contributed by atoms with Crippen LogP contribution in [0.15, 0.2) is 6.07 Å². The van der Waals surface area contributed by atoms with E-state index in [4.69, 9.17) is 11.6 Å². The third kappa shape index (κ3) is 3.29. The summed E-state index contributed by atoms with van der Waals surface area (Å²) in [6.07, 6.45) is 1.31. The van der Waals surface area contributed by atoms with Crippen LogP contribution in [0.3, 0.4) is 0 Å². The van der Waals surface area contributed by atoms with Crippen molar-refractivity contribution in [2.45, 2.75) is 25.8 Å². The molecule has 1 aliphatic heterocycles. The number of hydrogen-bond donors (Lipinski definition) is 1. The summed E-state index contributed by atoms with van der Waals surface area (Å²) in [6.45, 7) is 1.94. The number of aromatic nitrogens is 2. The van der Waals surface area contributed by atoms with Crippen molar-refractivity contribution in [1.29, 1.82) is 0 Å². The molecule has 0 spiro atoms. The summed E-state index contributed by atoms with van der Waals surface area (Å²) in [5.41, 5.74) is 0. The number of nitrogens with zero attached hydrogens (tertiary/aromatic N) is 2. The van der Waals surface area contributed by atoms with Gasteiger partial charge in [0, 0.05) is 18.5 Å². The molecule has 0 aromatic carbocycles. The molecule has 1 aromatic heterocycles. The lowest BCUT2D eigenvalue weighted by atomic mass is 10.2. The molecule has 1 aromatic rings. The van der Waals surface area contributed by atoms with Gasteiger partial charge in [0.05, 0.1) is 11.5 Å². The molecule has 0 amide bonds. The van der Waals surface area contributed by atoms with Crippen LogP contribution in [0.4, 0.5) is 5.82 Å². The van der Waals surface area contributed by atoms with Crippen molar-refractivity contribution in [2.24, 2.45) is 0 Å². The summed E-state index contributed by atoms with van der Waals surface area (Å²) < 4.78 is 22.6. The molecule has 1 saturated heterocycles. The van der Waals surface area contributed by atoms with Gasteiger partial charge in [-0.1, -0.05) is 18.5 Å². The number of rotatable bonds is 3. The lowest BCUT2D eigenvalue weighted by molar-refractivity contribution is 0.602. The number of nitrogens with one attached hydrogen (secondary N) is 1. The second-order valence-corrected chi connectivity index (χ2v) is 6.71. The van der Waals surface area contributed by atoms with Gasteiger partial charge in [0.25, 0.3) is 0 Å². The van der Waals surface area contributed by atoms with Gasteiger partial charge in [0.1, 0.15) is 16.8 Å². The third-order valence-electron chi connectivity index (χ3n) is 2.64. The first-order valence-electron chi connectivity index (χ1n) is 5.49. The maximum atomic E-state index is 11.3. The van der Waals surface area contributed by atoms with Crippen molar-refractivity contribution in [3.05, 3.63) is 17.0 Å². The lowest BCUT2D eigenvalue weighted by Crippen LogP contribution is -2.21. The molecule has 17 heavy (non-hydrogen) atoms. The van der Waals surface area contributed by atoms with E-state index in [1.165, 1.54) is 0 Å². The normalized spacial score (nSPS) is 22.6. The fraction of sp³-hybridized carbons (Fsp3) is 0.600. The molecule has 0 saturated carbocycles. The highest BCUT2D eigenvalue weighted by atomic mass is 35.5. The van der Waals surface area contributed by atoms with E-state index in [1.54, 1.807) is 6.07 Å². The Morgan fingerprint density at radius 3 is 2.88 bits per heavy atom. The Labute approximate surface area is 106 Å². The molecule has 5 nitrogen and oxygen atoms in total. The Balaban J connectivity index is 2.11. The topological polar surface area (TPSA) is 72.0 Å². The van der Waals surface area contributed by atoms with Gasteiger partial charge >= 0.3 is 0 Å². The second-order valence-electron chi connectivity index (χ2n) is 4.09. The van der Waals surface area contributed by atoms with Crippen LogP contribution in [0.1, 0.15) is 19.2 Å². The molecule has 0 aliphatic carbocycles. The van der Waals surface area contributed by atoms with Crippen molar-refractivity contribution < 1.29 is 8.42 Å². The minimum absolute atomic E-state index is 0.0735. The van der Waals surface area contributed by atoms with Crippen molar-refractivity contribution in [3.63, 3.8) is 0 Å². The van der Waals surface area contributed by atoms with Crippen LogP contribution in [0.5, 0.6) is 0 Å². The van der Waals surface area contributed by atoms with E-state index < -0.39 is 9.84 Å². The lowest BCUT2D eigenvalue weighted by Gasteiger charge is -2.12. The molecular weight excluding hydrogens is 262 g/mol. The maximum absolute atomic E-state index is 11.3. The molecule has 7 heteroatoms. The predicted octanol–water partition coefficient (Wildman–Crippen LogP) is 1.29. The Morgan fingerprint density at radius 2 is 2.29 bits per heavy atom. The highest BCUT2D eigenvalue weighted by Crippen LogP contribution is 2.18. The average Bonchev–Trinajstić information content (AvgIpc) is 2.57. The molecule has 2 heterocycles. The van der Waals surface area contributed by atoms with E-state index in [9.17, 15) is 8.42 Å². The molecule has 94 valence electrons. The molecule has 0 bridgehead atoms. The quantitative estimate of drug-likeness (QED) is 0.842. The zero-order chi connectivity index (χ0) is 12.5. The van der Waals surface area contributed by atoms with E-state index >= 15 is 0 Å². The smallest absolute Gasteiger partial charge is 0.152 e. The Kier molecular flexibility index (Phi) is 3.53. The highest BCUT2D eigenvalue weighted by Gasteiger charge is 2.28. The number of hydrogen-bond acceptors (Lipinski definition) is 5. The standard InChI is InChI=1S/C10H14ClN3O2S/c1-2-9-13-8(11)5-10(14-9)12-7-3-4-17(15,16)6-7/h5,7H,2-4,6H2,1H3,(H,12,13,14). The van der Waals surface area contributed by atoms with Gasteiger partial charge in [0.15, 0.2) is 9.84 Å². The van der Waals surface area contributed by atoms with Gasteiger partial charge in [-0.25, -0.2) is 18.4 Å². The summed E-state index contributed by atoms with van der Waals surface area (Å²) in [5, 5.41) is 3.47. The molecule has 1 aliphatic rings. The minimum Gasteiger partial charge on any atom is -0.366 e. The number of aryl methyl sites for hydroxylation is 1. The fourth-order valence-corrected chi connectivity index (χ4v) is 3.69. The molecule has 1 fully saturated rings. The van der Waals surface area contributed by atoms with Crippen LogP contribution in [0, 0.1) is 0 Å². The van der Waals surface area contributed by atoms with Crippen LogP contribution >= 0.6 is 11.6 Å². The summed E-state index contributed by atoms with van der Waals surface area (Å²) in [4.78, 5) is 8.31. The molecule has 2 rings (SSSR count). The number of halogens is 1. The van der Waals surface area contributed by atoms with Crippen molar-refractivity contribution >= 4 is 27.3 Å². The molecular formula is C10H14ClN3O2S. The second kappa shape index (κ2) is 4.78. The first-order valence-corrected chi connectivity index (χ1v) is 7.69. The SMILES string of the molecule is CCc1nc(Cl)cc(NC2CCS(=O)(=O)C2)n1.